The molecular formula is C23H24ClN3O. The number of rotatable bonds is 7. The molecule has 1 amide bonds. The molecule has 0 unspecified atom stereocenters. The molecule has 144 valence electrons. The Balaban J connectivity index is 1.69. The first-order valence-corrected chi connectivity index (χ1v) is 10.0. The quantitative estimate of drug-likeness (QED) is 0.515. The Labute approximate surface area is 170 Å². The van der Waals surface area contributed by atoms with E-state index in [1.54, 1.807) is 11.0 Å². The van der Waals surface area contributed by atoms with Gasteiger partial charge < -0.3 is 9.47 Å². The van der Waals surface area contributed by atoms with Gasteiger partial charge in [0, 0.05) is 23.7 Å². The number of fused-ring (bicyclic) bond motifs is 1. The van der Waals surface area contributed by atoms with Gasteiger partial charge >= 0.3 is 0 Å². The number of amides is 1. The summed E-state index contributed by atoms with van der Waals surface area (Å²) < 4.78 is 2.23. The van der Waals surface area contributed by atoms with E-state index >= 15 is 0 Å². The molecule has 1 aliphatic carbocycles. The number of aryl methyl sites for hydroxylation is 1. The van der Waals surface area contributed by atoms with E-state index in [9.17, 15) is 4.79 Å². The maximum Gasteiger partial charge on any atom is 0.254 e. The number of hydrogen-bond acceptors (Lipinski definition) is 2. The van der Waals surface area contributed by atoms with Crippen LogP contribution in [-0.4, -0.2) is 26.9 Å². The van der Waals surface area contributed by atoms with Crippen LogP contribution in [0.3, 0.4) is 0 Å². The van der Waals surface area contributed by atoms with Crippen LogP contribution in [0.2, 0.25) is 5.02 Å². The van der Waals surface area contributed by atoms with Gasteiger partial charge in [-0.05, 0) is 56.0 Å². The van der Waals surface area contributed by atoms with E-state index < -0.39 is 0 Å². The maximum absolute atomic E-state index is 13.1. The van der Waals surface area contributed by atoms with Gasteiger partial charge in [0.15, 0.2) is 0 Å². The molecule has 3 aromatic rings. The van der Waals surface area contributed by atoms with Crippen molar-refractivity contribution in [2.45, 2.75) is 32.9 Å². The molecule has 0 saturated heterocycles. The monoisotopic (exact) mass is 393 g/mol. The van der Waals surface area contributed by atoms with Crippen LogP contribution in [0, 0.1) is 12.8 Å². The van der Waals surface area contributed by atoms with Gasteiger partial charge in [-0.2, -0.15) is 0 Å². The van der Waals surface area contributed by atoms with E-state index in [4.69, 9.17) is 16.6 Å². The minimum absolute atomic E-state index is 0.00772. The first-order chi connectivity index (χ1) is 13.5. The number of hydrogen-bond donors (Lipinski definition) is 0. The number of benzene rings is 2. The third-order valence-electron chi connectivity index (χ3n) is 5.16. The molecule has 1 fully saturated rings. The van der Waals surface area contributed by atoms with Gasteiger partial charge in [0.25, 0.3) is 5.91 Å². The number of aromatic nitrogens is 2. The van der Waals surface area contributed by atoms with Crippen molar-refractivity contribution in [1.29, 1.82) is 0 Å². The zero-order valence-corrected chi connectivity index (χ0v) is 16.8. The molecule has 4 nitrogen and oxygen atoms in total. The Morgan fingerprint density at radius 3 is 2.86 bits per heavy atom. The minimum atomic E-state index is -0.00772. The molecule has 4 rings (SSSR count). The molecule has 5 heteroatoms. The fourth-order valence-electron chi connectivity index (χ4n) is 3.54. The number of carbonyl (C=O) groups is 1. The highest BCUT2D eigenvalue weighted by molar-refractivity contribution is 6.31. The van der Waals surface area contributed by atoms with E-state index in [1.807, 2.05) is 49.4 Å². The number of imidazole rings is 1. The molecule has 0 N–H and O–H groups in total. The second-order valence-electron chi connectivity index (χ2n) is 7.56. The number of halogens is 1. The third-order valence-corrected chi connectivity index (χ3v) is 5.40. The van der Waals surface area contributed by atoms with Crippen LogP contribution in [0.4, 0.5) is 0 Å². The normalized spacial score (nSPS) is 13.6. The Morgan fingerprint density at radius 2 is 2.14 bits per heavy atom. The van der Waals surface area contributed by atoms with Gasteiger partial charge in [-0.25, -0.2) is 4.98 Å². The molecule has 0 atom stereocenters. The van der Waals surface area contributed by atoms with Crippen LogP contribution >= 0.6 is 11.6 Å². The van der Waals surface area contributed by atoms with E-state index in [2.05, 4.69) is 11.1 Å². The standard InChI is InChI=1S/C23H24ClN3O/c1-3-11-26(23(28)18-6-4-5-16(2)12-18)15-22-25-20-10-9-19(24)13-21(20)27(22)14-17-7-8-17/h3-6,9-10,12-13,17H,1,7-8,11,14-15H2,2H3. The second kappa shape index (κ2) is 7.80. The summed E-state index contributed by atoms with van der Waals surface area (Å²) in [7, 11) is 0. The topological polar surface area (TPSA) is 38.1 Å². The summed E-state index contributed by atoms with van der Waals surface area (Å²) in [6.07, 6.45) is 4.26. The third kappa shape index (κ3) is 3.97. The number of nitrogens with zero attached hydrogens (tertiary/aromatic N) is 3. The van der Waals surface area contributed by atoms with Gasteiger partial charge in [-0.15, -0.1) is 6.58 Å². The van der Waals surface area contributed by atoms with Crippen molar-refractivity contribution in [3.63, 3.8) is 0 Å². The Morgan fingerprint density at radius 1 is 1.32 bits per heavy atom. The molecule has 1 saturated carbocycles. The lowest BCUT2D eigenvalue weighted by molar-refractivity contribution is 0.0757. The van der Waals surface area contributed by atoms with E-state index in [0.717, 1.165) is 29.0 Å². The summed E-state index contributed by atoms with van der Waals surface area (Å²) in [5, 5.41) is 0.704. The SMILES string of the molecule is C=CCN(Cc1nc2ccc(Cl)cc2n1CC1CC1)C(=O)c1cccc(C)c1. The first kappa shape index (κ1) is 18.8. The zero-order chi connectivity index (χ0) is 19.7. The van der Waals surface area contributed by atoms with Gasteiger partial charge in [0.05, 0.1) is 17.6 Å². The molecule has 0 aliphatic heterocycles. The lowest BCUT2D eigenvalue weighted by Gasteiger charge is -2.22. The Hall–Kier alpha value is -2.59. The molecule has 2 aromatic carbocycles. The average Bonchev–Trinajstić information content (AvgIpc) is 3.44. The highest BCUT2D eigenvalue weighted by atomic mass is 35.5. The van der Waals surface area contributed by atoms with Crippen LogP contribution in [-0.2, 0) is 13.1 Å². The van der Waals surface area contributed by atoms with Gasteiger partial charge in [0.1, 0.15) is 5.82 Å². The van der Waals surface area contributed by atoms with Crippen molar-refractivity contribution in [3.8, 4) is 0 Å². The van der Waals surface area contributed by atoms with Crippen LogP contribution in [0.25, 0.3) is 11.0 Å². The Bertz CT molecular complexity index is 1040. The van der Waals surface area contributed by atoms with Gasteiger partial charge in [-0.1, -0.05) is 35.4 Å². The molecule has 0 spiro atoms. The van der Waals surface area contributed by atoms with Crippen molar-refractivity contribution in [2.24, 2.45) is 5.92 Å². The molecule has 1 aromatic heterocycles. The fourth-order valence-corrected chi connectivity index (χ4v) is 3.70. The fraction of sp³-hybridized carbons (Fsp3) is 0.304. The summed E-state index contributed by atoms with van der Waals surface area (Å²) in [6.45, 7) is 7.66. The molecule has 1 aliphatic rings. The predicted molar refractivity (Wildman–Crippen MR) is 114 cm³/mol. The highest BCUT2D eigenvalue weighted by Crippen LogP contribution is 2.33. The van der Waals surface area contributed by atoms with E-state index in [0.29, 0.717) is 29.6 Å². The highest BCUT2D eigenvalue weighted by Gasteiger charge is 2.26. The second-order valence-corrected chi connectivity index (χ2v) is 8.00. The maximum atomic E-state index is 13.1. The molecule has 0 bridgehead atoms. The summed E-state index contributed by atoms with van der Waals surface area (Å²) >= 11 is 6.23. The van der Waals surface area contributed by atoms with Crippen LogP contribution in [0.1, 0.15) is 34.6 Å². The van der Waals surface area contributed by atoms with Crippen LogP contribution < -0.4 is 0 Å². The molecule has 0 radical (unpaired) electrons. The summed E-state index contributed by atoms with van der Waals surface area (Å²) in [4.78, 5) is 19.8. The first-order valence-electron chi connectivity index (χ1n) is 9.66. The largest absolute Gasteiger partial charge is 0.327 e. The lowest BCUT2D eigenvalue weighted by Crippen LogP contribution is -2.32. The van der Waals surface area contributed by atoms with Crippen molar-refractivity contribution in [1.82, 2.24) is 14.5 Å². The molecular weight excluding hydrogens is 370 g/mol. The summed E-state index contributed by atoms with van der Waals surface area (Å²) in [5.41, 5.74) is 3.72. The Kier molecular flexibility index (Phi) is 5.23. The van der Waals surface area contributed by atoms with E-state index in [1.165, 1.54) is 12.8 Å². The zero-order valence-electron chi connectivity index (χ0n) is 16.1. The van der Waals surface area contributed by atoms with E-state index in [-0.39, 0.29) is 5.91 Å². The van der Waals surface area contributed by atoms with Crippen LogP contribution in [0.15, 0.2) is 55.1 Å². The van der Waals surface area contributed by atoms with Crippen molar-refractivity contribution in [3.05, 3.63) is 77.1 Å². The van der Waals surface area contributed by atoms with Crippen molar-refractivity contribution in [2.75, 3.05) is 6.54 Å². The lowest BCUT2D eigenvalue weighted by atomic mass is 10.1. The summed E-state index contributed by atoms with van der Waals surface area (Å²) in [6, 6.07) is 13.5. The van der Waals surface area contributed by atoms with Gasteiger partial charge in [0.2, 0.25) is 0 Å². The predicted octanol–water partition coefficient (Wildman–Crippen LogP) is 5.24. The minimum Gasteiger partial charge on any atom is -0.327 e. The van der Waals surface area contributed by atoms with Crippen LogP contribution in [0.5, 0.6) is 0 Å². The summed E-state index contributed by atoms with van der Waals surface area (Å²) in [5.74, 6) is 1.58. The molecule has 28 heavy (non-hydrogen) atoms. The average molecular weight is 394 g/mol. The molecule has 1 heterocycles. The number of carbonyl (C=O) groups excluding carboxylic acids is 1. The van der Waals surface area contributed by atoms with Crippen molar-refractivity contribution < 1.29 is 4.79 Å². The smallest absolute Gasteiger partial charge is 0.254 e. The van der Waals surface area contributed by atoms with Crippen molar-refractivity contribution >= 4 is 28.5 Å². The van der Waals surface area contributed by atoms with Gasteiger partial charge in [-0.3, -0.25) is 4.79 Å².